The lowest BCUT2D eigenvalue weighted by Crippen LogP contribution is -2.51. The minimum atomic E-state index is -3.44. The normalized spacial score (nSPS) is 21.8. The van der Waals surface area contributed by atoms with Gasteiger partial charge in [-0.3, -0.25) is 9.78 Å². The lowest BCUT2D eigenvalue weighted by molar-refractivity contribution is -0.0891. The van der Waals surface area contributed by atoms with Crippen LogP contribution in [0.3, 0.4) is 0 Å². The molecule has 3 atom stereocenters. The van der Waals surface area contributed by atoms with Gasteiger partial charge in [-0.05, 0) is 24.8 Å². The smallest absolute Gasteiger partial charge is 0.271 e. The van der Waals surface area contributed by atoms with Crippen LogP contribution in [0.15, 0.2) is 48.9 Å². The Kier molecular flexibility index (Phi) is 7.86. The summed E-state index contributed by atoms with van der Waals surface area (Å²) in [5.41, 5.74) is 0.921. The van der Waals surface area contributed by atoms with Gasteiger partial charge < -0.3 is 15.2 Å². The van der Waals surface area contributed by atoms with Crippen LogP contribution in [0.25, 0.3) is 0 Å². The molecule has 3 N–H and O–H groups in total. The molecule has 0 radical (unpaired) electrons. The highest BCUT2D eigenvalue weighted by molar-refractivity contribution is 7.88. The summed E-state index contributed by atoms with van der Waals surface area (Å²) < 4.78 is 32.9. The van der Waals surface area contributed by atoms with Crippen molar-refractivity contribution in [1.29, 1.82) is 0 Å². The third-order valence-corrected chi connectivity index (χ3v) is 6.25. The minimum absolute atomic E-state index is 0.0743. The number of amides is 1. The van der Waals surface area contributed by atoms with Gasteiger partial charge in [0.1, 0.15) is 11.8 Å². The molecule has 1 aliphatic heterocycles. The lowest BCUT2D eigenvalue weighted by Gasteiger charge is -2.36. The second-order valence-corrected chi connectivity index (χ2v) is 8.96. The van der Waals surface area contributed by atoms with Gasteiger partial charge in [0.15, 0.2) is 0 Å². The van der Waals surface area contributed by atoms with E-state index in [2.05, 4.69) is 20.0 Å². The van der Waals surface area contributed by atoms with Crippen LogP contribution in [0.4, 0.5) is 0 Å². The fraction of sp³-hybridized carbons (Fsp3) is 0.450. The molecule has 162 valence electrons. The van der Waals surface area contributed by atoms with Crippen LogP contribution < -0.4 is 10.0 Å². The molecule has 0 aliphatic carbocycles. The molecule has 30 heavy (non-hydrogen) atoms. The molecule has 9 nitrogen and oxygen atoms in total. The quantitative estimate of drug-likeness (QED) is 0.527. The van der Waals surface area contributed by atoms with Gasteiger partial charge in [0.05, 0.1) is 30.7 Å². The Morgan fingerprint density at radius 1 is 1.20 bits per heavy atom. The highest BCUT2D eigenvalue weighted by Gasteiger charge is 2.32. The van der Waals surface area contributed by atoms with Gasteiger partial charge in [-0.2, -0.15) is 0 Å². The van der Waals surface area contributed by atoms with Crippen LogP contribution in [0.1, 0.15) is 35.3 Å². The van der Waals surface area contributed by atoms with E-state index in [4.69, 9.17) is 4.74 Å². The van der Waals surface area contributed by atoms with Gasteiger partial charge in [-0.1, -0.05) is 30.3 Å². The van der Waals surface area contributed by atoms with Crippen molar-refractivity contribution < 1.29 is 23.1 Å². The monoisotopic (exact) mass is 434 g/mol. The molecule has 0 saturated carbocycles. The van der Waals surface area contributed by atoms with E-state index in [1.807, 2.05) is 6.07 Å². The molecule has 1 amide bonds. The van der Waals surface area contributed by atoms with Crippen molar-refractivity contribution in [3.8, 4) is 0 Å². The highest BCUT2D eigenvalue weighted by Crippen LogP contribution is 2.22. The summed E-state index contributed by atoms with van der Waals surface area (Å²) in [5.74, 6) is -0.447. The summed E-state index contributed by atoms with van der Waals surface area (Å²) in [4.78, 5) is 20.1. The second kappa shape index (κ2) is 10.6. The molecule has 1 fully saturated rings. The van der Waals surface area contributed by atoms with E-state index < -0.39 is 16.1 Å². The number of carbonyl (C=O) groups is 1. The zero-order valence-electron chi connectivity index (χ0n) is 16.5. The average Bonchev–Trinajstić information content (AvgIpc) is 2.75. The fourth-order valence-corrected chi connectivity index (χ4v) is 4.55. The predicted octanol–water partition coefficient (Wildman–Crippen LogP) is 0.625. The topological polar surface area (TPSA) is 131 Å². The van der Waals surface area contributed by atoms with Crippen molar-refractivity contribution in [1.82, 2.24) is 20.0 Å². The fourth-order valence-electron chi connectivity index (χ4n) is 3.39. The number of aliphatic hydroxyl groups is 1. The maximum atomic E-state index is 12.3. The molecule has 0 bridgehead atoms. The number of rotatable bonds is 9. The van der Waals surface area contributed by atoms with Crippen LogP contribution in [-0.4, -0.2) is 60.8 Å². The zero-order chi connectivity index (χ0) is 21.4. The lowest BCUT2D eigenvalue weighted by atomic mass is 9.97. The Labute approximate surface area is 176 Å². The first-order valence-corrected chi connectivity index (χ1v) is 11.5. The van der Waals surface area contributed by atoms with E-state index in [-0.39, 0.29) is 42.7 Å². The molecule has 1 saturated heterocycles. The summed E-state index contributed by atoms with van der Waals surface area (Å²) in [7, 11) is -3.44. The number of hydrogen-bond acceptors (Lipinski definition) is 7. The molecular weight excluding hydrogens is 408 g/mol. The van der Waals surface area contributed by atoms with E-state index in [1.54, 1.807) is 24.3 Å². The number of aliphatic hydroxyl groups excluding tert-OH is 1. The Morgan fingerprint density at radius 3 is 2.70 bits per heavy atom. The minimum Gasteiger partial charge on any atom is -0.394 e. The summed E-state index contributed by atoms with van der Waals surface area (Å²) in [5, 5.41) is 12.5. The molecule has 1 aromatic heterocycles. The van der Waals surface area contributed by atoms with Crippen molar-refractivity contribution in [3.63, 3.8) is 0 Å². The first-order valence-electron chi connectivity index (χ1n) is 9.81. The average molecular weight is 435 g/mol. The SMILES string of the molecule is O=C(N[C@@H]1CC[C@H](CCNS(=O)(=O)Cc2ccccc2)O[C@@H]1CO)c1cnccn1. The predicted molar refractivity (Wildman–Crippen MR) is 110 cm³/mol. The van der Waals surface area contributed by atoms with Crippen molar-refractivity contribution in [2.24, 2.45) is 0 Å². The van der Waals surface area contributed by atoms with E-state index in [1.165, 1.54) is 18.6 Å². The van der Waals surface area contributed by atoms with Gasteiger partial charge in [-0.15, -0.1) is 0 Å². The third kappa shape index (κ3) is 6.56. The van der Waals surface area contributed by atoms with Crippen molar-refractivity contribution in [2.75, 3.05) is 13.2 Å². The number of ether oxygens (including phenoxy) is 1. The maximum Gasteiger partial charge on any atom is 0.271 e. The van der Waals surface area contributed by atoms with Crippen LogP contribution in [0, 0.1) is 0 Å². The van der Waals surface area contributed by atoms with Gasteiger partial charge >= 0.3 is 0 Å². The Morgan fingerprint density at radius 2 is 2.00 bits per heavy atom. The third-order valence-electron chi connectivity index (χ3n) is 4.90. The van der Waals surface area contributed by atoms with Gasteiger partial charge in [0, 0.05) is 18.9 Å². The second-order valence-electron chi connectivity index (χ2n) is 7.15. The Balaban J connectivity index is 1.45. The maximum absolute atomic E-state index is 12.3. The van der Waals surface area contributed by atoms with Crippen LogP contribution >= 0.6 is 0 Å². The number of aromatic nitrogens is 2. The molecule has 2 aromatic rings. The van der Waals surface area contributed by atoms with Crippen molar-refractivity contribution in [2.45, 2.75) is 43.3 Å². The molecule has 1 aromatic carbocycles. The Hall–Kier alpha value is -2.40. The number of carbonyl (C=O) groups excluding carboxylic acids is 1. The highest BCUT2D eigenvalue weighted by atomic mass is 32.2. The van der Waals surface area contributed by atoms with E-state index in [0.29, 0.717) is 19.3 Å². The molecule has 0 unspecified atom stereocenters. The van der Waals surface area contributed by atoms with Gasteiger partial charge in [0.2, 0.25) is 10.0 Å². The molecule has 3 rings (SSSR count). The molecule has 10 heteroatoms. The number of nitrogens with zero attached hydrogens (tertiary/aromatic N) is 2. The number of hydrogen-bond donors (Lipinski definition) is 3. The van der Waals surface area contributed by atoms with E-state index >= 15 is 0 Å². The van der Waals surface area contributed by atoms with Gasteiger partial charge in [-0.25, -0.2) is 18.1 Å². The Bertz CT molecular complexity index is 911. The number of sulfonamides is 1. The van der Waals surface area contributed by atoms with E-state index in [0.717, 1.165) is 5.56 Å². The van der Waals surface area contributed by atoms with Crippen LogP contribution in [0.2, 0.25) is 0 Å². The number of nitrogens with one attached hydrogen (secondary N) is 2. The molecular formula is C20H26N4O5S. The zero-order valence-corrected chi connectivity index (χ0v) is 17.3. The van der Waals surface area contributed by atoms with Gasteiger partial charge in [0.25, 0.3) is 5.91 Å². The standard InChI is InChI=1S/C20H26N4O5S/c25-13-19-17(24-20(26)18-12-21-10-11-22-18)7-6-16(29-19)8-9-23-30(27,28)14-15-4-2-1-3-5-15/h1-5,10-12,16-17,19,23,25H,6-9,13-14H2,(H,24,26)/t16-,17-,19-/m1/s1. The number of benzene rings is 1. The van der Waals surface area contributed by atoms with Crippen LogP contribution in [0.5, 0.6) is 0 Å². The van der Waals surface area contributed by atoms with Crippen molar-refractivity contribution in [3.05, 3.63) is 60.2 Å². The molecule has 2 heterocycles. The van der Waals surface area contributed by atoms with E-state index in [9.17, 15) is 18.3 Å². The molecule has 0 spiro atoms. The summed E-state index contributed by atoms with van der Waals surface area (Å²) >= 11 is 0. The first-order chi connectivity index (χ1) is 14.5. The largest absolute Gasteiger partial charge is 0.394 e. The molecule has 1 aliphatic rings. The van der Waals surface area contributed by atoms with Crippen LogP contribution in [-0.2, 0) is 20.5 Å². The first kappa shape index (κ1) is 22.3. The summed E-state index contributed by atoms with van der Waals surface area (Å²) in [6.45, 7) is -0.00371. The van der Waals surface area contributed by atoms with Crippen molar-refractivity contribution >= 4 is 15.9 Å². The summed E-state index contributed by atoms with van der Waals surface area (Å²) in [6.07, 6.45) is 5.25. The summed E-state index contributed by atoms with van der Waals surface area (Å²) in [6, 6.07) is 8.63.